The molecule has 0 bridgehead atoms. The number of carboxylic acid groups (broad SMARTS) is 1. The lowest BCUT2D eigenvalue weighted by Crippen LogP contribution is -2.40. The molecule has 0 radical (unpaired) electrons. The third-order valence-corrected chi connectivity index (χ3v) is 7.42. The number of carboxylic acids is 1. The van der Waals surface area contributed by atoms with Crippen molar-refractivity contribution in [3.05, 3.63) is 90.0 Å². The molecule has 5 heteroatoms. The average molecular weight is 497 g/mol. The van der Waals surface area contributed by atoms with Gasteiger partial charge >= 0.3 is 5.97 Å². The first-order chi connectivity index (χ1) is 17.8. The maximum atomic E-state index is 13.7. The smallest absolute Gasteiger partial charge is 0.328 e. The minimum atomic E-state index is -0.982. The molecule has 3 aromatic carbocycles. The molecule has 37 heavy (non-hydrogen) atoms. The van der Waals surface area contributed by atoms with Gasteiger partial charge in [-0.3, -0.25) is 4.79 Å². The number of hydrogen-bond donors (Lipinski definition) is 2. The van der Waals surface area contributed by atoms with Crippen LogP contribution in [-0.2, 0) is 16.0 Å². The summed E-state index contributed by atoms with van der Waals surface area (Å²) < 4.78 is 0. The zero-order valence-corrected chi connectivity index (χ0v) is 22.0. The van der Waals surface area contributed by atoms with Crippen LogP contribution < -0.4 is 10.2 Å². The van der Waals surface area contributed by atoms with Gasteiger partial charge in [-0.15, -0.1) is 0 Å². The Hall–Kier alpha value is -3.86. The quantitative estimate of drug-likeness (QED) is 0.328. The molecule has 4 rings (SSSR count). The summed E-state index contributed by atoms with van der Waals surface area (Å²) in [5.74, 6) is -0.933. The second kappa shape index (κ2) is 11.5. The summed E-state index contributed by atoms with van der Waals surface area (Å²) in [6.45, 7) is 1.76. The Balaban J connectivity index is 1.52. The molecule has 1 saturated carbocycles. The van der Waals surface area contributed by atoms with Crippen LogP contribution in [0.15, 0.2) is 78.9 Å². The highest BCUT2D eigenvalue weighted by Gasteiger charge is 2.39. The molecule has 0 saturated heterocycles. The number of rotatable bonds is 8. The normalized spacial score (nSPS) is 15.2. The summed E-state index contributed by atoms with van der Waals surface area (Å²) in [5.41, 5.74) is 6.35. The molecule has 0 spiro atoms. The van der Waals surface area contributed by atoms with Crippen LogP contribution >= 0.6 is 0 Å². The van der Waals surface area contributed by atoms with Crippen molar-refractivity contribution >= 4 is 28.8 Å². The molecule has 3 aromatic rings. The lowest BCUT2D eigenvalue weighted by Gasteiger charge is -2.36. The molecule has 192 valence electrons. The SMILES string of the molecule is C/C(=C/C(=O)O)c1cccc(NC(=O)C2(Cc3ccc(-c4ccc(N(C)C)cc4)cc3)CCCCC2)c1. The van der Waals surface area contributed by atoms with Crippen molar-refractivity contribution in [2.45, 2.75) is 45.4 Å². The molecule has 0 atom stereocenters. The summed E-state index contributed by atoms with van der Waals surface area (Å²) in [6.07, 6.45) is 6.87. The van der Waals surface area contributed by atoms with Crippen LogP contribution in [0.5, 0.6) is 0 Å². The van der Waals surface area contributed by atoms with Crippen molar-refractivity contribution < 1.29 is 14.7 Å². The number of carbonyl (C=O) groups is 2. The van der Waals surface area contributed by atoms with Crippen LogP contribution in [0.25, 0.3) is 16.7 Å². The van der Waals surface area contributed by atoms with Gasteiger partial charge in [-0.25, -0.2) is 4.79 Å². The van der Waals surface area contributed by atoms with Crippen LogP contribution in [0.4, 0.5) is 11.4 Å². The number of anilines is 2. The van der Waals surface area contributed by atoms with E-state index in [1.165, 1.54) is 22.9 Å². The van der Waals surface area contributed by atoms with E-state index in [2.05, 4.69) is 58.7 Å². The Bertz CT molecular complexity index is 1270. The minimum Gasteiger partial charge on any atom is -0.478 e. The molecule has 0 unspecified atom stereocenters. The summed E-state index contributed by atoms with van der Waals surface area (Å²) in [5, 5.41) is 12.2. The Kier molecular flexibility index (Phi) is 8.12. The van der Waals surface area contributed by atoms with Crippen LogP contribution in [-0.4, -0.2) is 31.1 Å². The third-order valence-electron chi connectivity index (χ3n) is 7.42. The number of hydrogen-bond acceptors (Lipinski definition) is 3. The van der Waals surface area contributed by atoms with Gasteiger partial charge in [0.15, 0.2) is 0 Å². The highest BCUT2D eigenvalue weighted by molar-refractivity contribution is 5.96. The van der Waals surface area contributed by atoms with Crippen LogP contribution in [0.2, 0.25) is 0 Å². The predicted octanol–water partition coefficient (Wildman–Crippen LogP) is 7.04. The fourth-order valence-corrected chi connectivity index (χ4v) is 5.24. The van der Waals surface area contributed by atoms with Crippen molar-refractivity contribution in [3.63, 3.8) is 0 Å². The zero-order chi connectivity index (χ0) is 26.4. The van der Waals surface area contributed by atoms with E-state index in [-0.39, 0.29) is 5.91 Å². The van der Waals surface area contributed by atoms with Crippen molar-refractivity contribution in [1.82, 2.24) is 0 Å². The Labute approximate surface area is 219 Å². The molecule has 0 aliphatic heterocycles. The van der Waals surface area contributed by atoms with Crippen molar-refractivity contribution in [2.75, 3.05) is 24.3 Å². The third kappa shape index (κ3) is 6.48. The van der Waals surface area contributed by atoms with Crippen molar-refractivity contribution in [2.24, 2.45) is 5.41 Å². The van der Waals surface area contributed by atoms with E-state index in [0.717, 1.165) is 43.2 Å². The van der Waals surface area contributed by atoms with E-state index in [1.54, 1.807) is 6.92 Å². The number of carbonyl (C=O) groups excluding carboxylic acids is 1. The first-order valence-electron chi connectivity index (χ1n) is 13.0. The van der Waals surface area contributed by atoms with Crippen molar-refractivity contribution in [1.29, 1.82) is 0 Å². The minimum absolute atomic E-state index is 0.0487. The lowest BCUT2D eigenvalue weighted by molar-refractivity contribution is -0.131. The monoisotopic (exact) mass is 496 g/mol. The average Bonchev–Trinajstić information content (AvgIpc) is 2.89. The fraction of sp³-hybridized carbons (Fsp3) is 0.312. The second-order valence-corrected chi connectivity index (χ2v) is 10.4. The molecular formula is C32H36N2O3. The number of allylic oxidation sites excluding steroid dienone is 1. The molecule has 1 fully saturated rings. The second-order valence-electron chi connectivity index (χ2n) is 10.4. The molecular weight excluding hydrogens is 460 g/mol. The topological polar surface area (TPSA) is 69.6 Å². The molecule has 1 aliphatic rings. The summed E-state index contributed by atoms with van der Waals surface area (Å²) in [6, 6.07) is 24.5. The zero-order valence-electron chi connectivity index (χ0n) is 22.0. The highest BCUT2D eigenvalue weighted by atomic mass is 16.4. The maximum absolute atomic E-state index is 13.7. The molecule has 0 aromatic heterocycles. The molecule has 1 amide bonds. The molecule has 5 nitrogen and oxygen atoms in total. The summed E-state index contributed by atoms with van der Waals surface area (Å²) in [7, 11) is 4.07. The fourth-order valence-electron chi connectivity index (χ4n) is 5.24. The first kappa shape index (κ1) is 26.2. The number of amides is 1. The highest BCUT2D eigenvalue weighted by Crippen LogP contribution is 2.41. The van der Waals surface area contributed by atoms with Gasteiger partial charge < -0.3 is 15.3 Å². The number of aliphatic carboxylic acids is 1. The van der Waals surface area contributed by atoms with E-state index < -0.39 is 11.4 Å². The van der Waals surface area contributed by atoms with Crippen LogP contribution in [0, 0.1) is 5.41 Å². The number of nitrogens with one attached hydrogen (secondary N) is 1. The van der Waals surface area contributed by atoms with E-state index in [0.29, 0.717) is 17.7 Å². The lowest BCUT2D eigenvalue weighted by atomic mass is 9.69. The molecule has 2 N–H and O–H groups in total. The molecule has 1 aliphatic carbocycles. The first-order valence-corrected chi connectivity index (χ1v) is 13.0. The number of nitrogens with zero attached hydrogens (tertiary/aromatic N) is 1. The Morgan fingerprint density at radius 2 is 1.54 bits per heavy atom. The maximum Gasteiger partial charge on any atom is 0.328 e. The van der Waals surface area contributed by atoms with Gasteiger partial charge in [0.2, 0.25) is 5.91 Å². The summed E-state index contributed by atoms with van der Waals surface area (Å²) >= 11 is 0. The Morgan fingerprint density at radius 3 is 2.14 bits per heavy atom. The van der Waals surface area contributed by atoms with Gasteiger partial charge in [0.25, 0.3) is 0 Å². The van der Waals surface area contributed by atoms with Gasteiger partial charge in [0.05, 0.1) is 5.41 Å². The van der Waals surface area contributed by atoms with Gasteiger partial charge in [-0.1, -0.05) is 67.8 Å². The van der Waals surface area contributed by atoms with Gasteiger partial charge in [0.1, 0.15) is 0 Å². The van der Waals surface area contributed by atoms with E-state index >= 15 is 0 Å². The number of benzene rings is 3. The Morgan fingerprint density at radius 1 is 0.919 bits per heavy atom. The van der Waals surface area contributed by atoms with Gasteiger partial charge in [-0.2, -0.15) is 0 Å². The molecule has 0 heterocycles. The summed E-state index contributed by atoms with van der Waals surface area (Å²) in [4.78, 5) is 26.9. The predicted molar refractivity (Wildman–Crippen MR) is 152 cm³/mol. The van der Waals surface area contributed by atoms with E-state index in [1.807, 2.05) is 38.4 Å². The van der Waals surface area contributed by atoms with Crippen LogP contribution in [0.1, 0.15) is 50.2 Å². The van der Waals surface area contributed by atoms with Gasteiger partial charge in [-0.05, 0) is 78.3 Å². The van der Waals surface area contributed by atoms with Crippen molar-refractivity contribution in [3.8, 4) is 11.1 Å². The standard InChI is InChI=1S/C32H36N2O3/c1-23(20-30(35)36)27-8-7-9-28(21-27)33-31(37)32(18-5-4-6-19-32)22-24-10-12-25(13-11-24)26-14-16-29(17-15-26)34(2)3/h7-17,20-21H,4-6,18-19,22H2,1-3H3,(H,33,37)(H,35,36)/b23-20-. The largest absolute Gasteiger partial charge is 0.478 e. The van der Waals surface area contributed by atoms with E-state index in [9.17, 15) is 9.59 Å². The van der Waals surface area contributed by atoms with Gasteiger partial charge in [0, 0.05) is 31.5 Å². The van der Waals surface area contributed by atoms with Crippen LogP contribution in [0.3, 0.4) is 0 Å². The van der Waals surface area contributed by atoms with E-state index in [4.69, 9.17) is 5.11 Å².